The average Bonchev–Trinajstić information content (AvgIpc) is 2.63. The van der Waals surface area contributed by atoms with E-state index in [9.17, 15) is 0 Å². The van der Waals surface area contributed by atoms with Gasteiger partial charge in [-0.1, -0.05) is 30.3 Å². The van der Waals surface area contributed by atoms with Crippen molar-refractivity contribution in [2.75, 3.05) is 0 Å². The van der Waals surface area contributed by atoms with E-state index >= 15 is 0 Å². The van der Waals surface area contributed by atoms with Crippen LogP contribution in [0.5, 0.6) is 0 Å². The largest absolute Gasteiger partial charge is 0.335 e. The van der Waals surface area contributed by atoms with E-state index < -0.39 is 0 Å². The molecule has 2 aromatic rings. The second-order valence-corrected chi connectivity index (χ2v) is 3.46. The molecule has 0 atom stereocenters. The van der Waals surface area contributed by atoms with Gasteiger partial charge >= 0.3 is 0 Å². The summed E-state index contributed by atoms with van der Waals surface area (Å²) in [5.41, 5.74) is 2.60. The molecule has 0 amide bonds. The number of nitrogens with zero attached hydrogens (tertiary/aromatic N) is 2. The van der Waals surface area contributed by atoms with E-state index in [1.54, 1.807) is 0 Å². The molecule has 2 heteroatoms. The average molecular weight is 186 g/mol. The predicted molar refractivity (Wildman–Crippen MR) is 57.1 cm³/mol. The van der Waals surface area contributed by atoms with Crippen LogP contribution in [0, 0.1) is 6.92 Å². The van der Waals surface area contributed by atoms with E-state index in [0.29, 0.717) is 0 Å². The molecule has 0 aliphatic rings. The highest BCUT2D eigenvalue weighted by Crippen LogP contribution is 2.03. The molecule has 14 heavy (non-hydrogen) atoms. The highest BCUT2D eigenvalue weighted by molar-refractivity contribution is 5.14. The molecule has 72 valence electrons. The van der Waals surface area contributed by atoms with Gasteiger partial charge in [-0.05, 0) is 18.9 Å². The Kier molecular flexibility index (Phi) is 2.63. The van der Waals surface area contributed by atoms with Crippen LogP contribution < -0.4 is 0 Å². The van der Waals surface area contributed by atoms with Crippen molar-refractivity contribution in [1.82, 2.24) is 9.55 Å². The number of hydrogen-bond acceptors (Lipinski definition) is 1. The Morgan fingerprint density at radius 1 is 1.21 bits per heavy atom. The third kappa shape index (κ3) is 2.02. The summed E-state index contributed by atoms with van der Waals surface area (Å²) in [6.45, 7) is 3.09. The summed E-state index contributed by atoms with van der Waals surface area (Å²) in [6.07, 6.45) is 4.85. The van der Waals surface area contributed by atoms with Crippen LogP contribution >= 0.6 is 0 Å². The molecule has 0 saturated heterocycles. The highest BCUT2D eigenvalue weighted by Gasteiger charge is 1.96. The molecule has 0 aliphatic carbocycles. The van der Waals surface area contributed by atoms with Crippen molar-refractivity contribution >= 4 is 0 Å². The number of aromatic nitrogens is 2. The summed E-state index contributed by atoms with van der Waals surface area (Å²) in [5, 5.41) is 0. The Morgan fingerprint density at radius 3 is 2.64 bits per heavy atom. The summed E-state index contributed by atoms with van der Waals surface area (Å²) in [7, 11) is 0. The Bertz CT molecular complexity index is 390. The molecule has 0 fully saturated rings. The van der Waals surface area contributed by atoms with Crippen molar-refractivity contribution < 1.29 is 0 Å². The smallest absolute Gasteiger partial charge is 0.0948 e. The lowest BCUT2D eigenvalue weighted by Gasteiger charge is -2.04. The van der Waals surface area contributed by atoms with Crippen molar-refractivity contribution in [1.29, 1.82) is 0 Å². The molecule has 0 saturated carbocycles. The lowest BCUT2D eigenvalue weighted by Crippen LogP contribution is -2.01. The summed E-state index contributed by atoms with van der Waals surface area (Å²) in [4.78, 5) is 4.10. The summed E-state index contributed by atoms with van der Waals surface area (Å²) in [6, 6.07) is 10.5. The van der Waals surface area contributed by atoms with Crippen LogP contribution in [0.1, 0.15) is 11.3 Å². The lowest BCUT2D eigenvalue weighted by molar-refractivity contribution is 0.678. The molecular weight excluding hydrogens is 172 g/mol. The Balaban J connectivity index is 1.99. The molecule has 2 rings (SSSR count). The van der Waals surface area contributed by atoms with E-state index in [0.717, 1.165) is 13.0 Å². The van der Waals surface area contributed by atoms with Crippen LogP contribution in [0.25, 0.3) is 0 Å². The van der Waals surface area contributed by atoms with E-state index in [1.165, 1.54) is 11.3 Å². The SMILES string of the molecule is Cc1cncn1CCc1ccccc1. The fourth-order valence-electron chi connectivity index (χ4n) is 1.52. The monoisotopic (exact) mass is 186 g/mol. The van der Waals surface area contributed by atoms with Gasteiger partial charge in [-0.25, -0.2) is 4.98 Å². The van der Waals surface area contributed by atoms with Crippen LogP contribution in [-0.4, -0.2) is 9.55 Å². The van der Waals surface area contributed by atoms with E-state index in [-0.39, 0.29) is 0 Å². The first-order chi connectivity index (χ1) is 6.86. The van der Waals surface area contributed by atoms with Gasteiger partial charge in [0.25, 0.3) is 0 Å². The number of aryl methyl sites for hydroxylation is 3. The first-order valence-corrected chi connectivity index (χ1v) is 4.87. The first-order valence-electron chi connectivity index (χ1n) is 4.87. The topological polar surface area (TPSA) is 17.8 Å². The fourth-order valence-corrected chi connectivity index (χ4v) is 1.52. The van der Waals surface area contributed by atoms with Crippen molar-refractivity contribution in [3.63, 3.8) is 0 Å². The second-order valence-electron chi connectivity index (χ2n) is 3.46. The minimum Gasteiger partial charge on any atom is -0.335 e. The maximum atomic E-state index is 4.10. The second kappa shape index (κ2) is 4.09. The molecule has 1 aromatic carbocycles. The predicted octanol–water partition coefficient (Wildman–Crippen LogP) is 2.43. The van der Waals surface area contributed by atoms with Crippen molar-refractivity contribution in [3.8, 4) is 0 Å². The first kappa shape index (κ1) is 9.00. The number of benzene rings is 1. The van der Waals surface area contributed by atoms with Crippen LogP contribution in [0.4, 0.5) is 0 Å². The number of hydrogen-bond donors (Lipinski definition) is 0. The van der Waals surface area contributed by atoms with Gasteiger partial charge in [-0.15, -0.1) is 0 Å². The van der Waals surface area contributed by atoms with E-state index in [2.05, 4.69) is 40.7 Å². The lowest BCUT2D eigenvalue weighted by atomic mass is 10.1. The number of imidazole rings is 1. The van der Waals surface area contributed by atoms with Gasteiger partial charge in [0.05, 0.1) is 6.33 Å². The molecule has 2 nitrogen and oxygen atoms in total. The summed E-state index contributed by atoms with van der Waals surface area (Å²) >= 11 is 0. The third-order valence-electron chi connectivity index (χ3n) is 2.40. The van der Waals surface area contributed by atoms with Crippen LogP contribution in [0.3, 0.4) is 0 Å². The minimum absolute atomic E-state index is 1.01. The van der Waals surface area contributed by atoms with Gasteiger partial charge < -0.3 is 4.57 Å². The van der Waals surface area contributed by atoms with E-state index in [1.807, 2.05) is 18.6 Å². The van der Waals surface area contributed by atoms with Crippen molar-refractivity contribution in [2.24, 2.45) is 0 Å². The van der Waals surface area contributed by atoms with Crippen LogP contribution in [-0.2, 0) is 13.0 Å². The molecule has 0 unspecified atom stereocenters. The number of rotatable bonds is 3. The van der Waals surface area contributed by atoms with Crippen LogP contribution in [0.2, 0.25) is 0 Å². The van der Waals surface area contributed by atoms with Gasteiger partial charge in [0, 0.05) is 18.4 Å². The molecule has 1 heterocycles. The summed E-state index contributed by atoms with van der Waals surface area (Å²) < 4.78 is 2.17. The Labute approximate surface area is 84.2 Å². The zero-order chi connectivity index (χ0) is 9.80. The molecule has 0 bridgehead atoms. The Hall–Kier alpha value is -1.57. The van der Waals surface area contributed by atoms with Gasteiger partial charge in [0.15, 0.2) is 0 Å². The van der Waals surface area contributed by atoms with Crippen LogP contribution in [0.15, 0.2) is 42.9 Å². The maximum absolute atomic E-state index is 4.10. The van der Waals surface area contributed by atoms with Gasteiger partial charge in [0.1, 0.15) is 0 Å². The zero-order valence-electron chi connectivity index (χ0n) is 8.35. The highest BCUT2D eigenvalue weighted by atomic mass is 15.0. The van der Waals surface area contributed by atoms with Gasteiger partial charge in [-0.3, -0.25) is 0 Å². The van der Waals surface area contributed by atoms with Crippen molar-refractivity contribution in [3.05, 3.63) is 54.1 Å². The molecule has 1 aromatic heterocycles. The van der Waals surface area contributed by atoms with E-state index in [4.69, 9.17) is 0 Å². The molecule has 0 aliphatic heterocycles. The molecule has 0 N–H and O–H groups in total. The Morgan fingerprint density at radius 2 is 2.00 bits per heavy atom. The normalized spacial score (nSPS) is 10.4. The quantitative estimate of drug-likeness (QED) is 0.720. The van der Waals surface area contributed by atoms with Gasteiger partial charge in [-0.2, -0.15) is 0 Å². The standard InChI is InChI=1S/C12H14N2/c1-11-9-13-10-14(11)8-7-12-5-3-2-4-6-12/h2-6,9-10H,7-8H2,1H3. The minimum atomic E-state index is 1.01. The summed E-state index contributed by atoms with van der Waals surface area (Å²) in [5.74, 6) is 0. The zero-order valence-corrected chi connectivity index (χ0v) is 8.35. The maximum Gasteiger partial charge on any atom is 0.0948 e. The molecule has 0 radical (unpaired) electrons. The fraction of sp³-hybridized carbons (Fsp3) is 0.250. The molecular formula is C12H14N2. The van der Waals surface area contributed by atoms with Crippen molar-refractivity contribution in [2.45, 2.75) is 19.9 Å². The molecule has 0 spiro atoms. The third-order valence-corrected chi connectivity index (χ3v) is 2.40. The van der Waals surface area contributed by atoms with Gasteiger partial charge in [0.2, 0.25) is 0 Å².